The molecule has 1 atom stereocenters. The van der Waals surface area contributed by atoms with Crippen LogP contribution in [0.5, 0.6) is 11.5 Å². The first-order valence-electron chi connectivity index (χ1n) is 12.9. The molecular weight excluding hydrogens is 418 g/mol. The summed E-state index contributed by atoms with van der Waals surface area (Å²) in [6.45, 7) is 3.11. The summed E-state index contributed by atoms with van der Waals surface area (Å²) in [6.07, 6.45) is 9.58. The third-order valence-electron chi connectivity index (χ3n) is 6.94. The van der Waals surface area contributed by atoms with E-state index in [1.807, 2.05) is 0 Å². The Morgan fingerprint density at radius 2 is 1.41 bits per heavy atom. The Labute approximate surface area is 205 Å². The molecule has 1 aliphatic heterocycles. The first-order chi connectivity index (χ1) is 16.8. The minimum absolute atomic E-state index is 0.578. The maximum Gasteiger partial charge on any atom is 0.161 e. The highest BCUT2D eigenvalue weighted by atomic mass is 16.5. The van der Waals surface area contributed by atoms with Gasteiger partial charge in [-0.25, -0.2) is 0 Å². The van der Waals surface area contributed by atoms with Gasteiger partial charge in [0.05, 0.1) is 13.7 Å². The number of rotatable bonds is 12. The van der Waals surface area contributed by atoms with Gasteiger partial charge in [-0.1, -0.05) is 73.2 Å². The molecule has 4 rings (SSSR count). The number of methoxy groups -OCH3 is 1. The number of hydrogen-bond donors (Lipinski definition) is 0. The van der Waals surface area contributed by atoms with Crippen LogP contribution < -0.4 is 9.47 Å². The maximum absolute atomic E-state index is 6.20. The monoisotopic (exact) mass is 457 g/mol. The molecule has 3 nitrogen and oxygen atoms in total. The van der Waals surface area contributed by atoms with Crippen molar-refractivity contribution < 1.29 is 9.47 Å². The molecule has 0 amide bonds. The highest BCUT2D eigenvalue weighted by Crippen LogP contribution is 2.30. The van der Waals surface area contributed by atoms with Gasteiger partial charge in [-0.2, -0.15) is 0 Å². The Bertz CT molecular complexity index is 967. The fourth-order valence-corrected chi connectivity index (χ4v) is 5.04. The van der Waals surface area contributed by atoms with Crippen molar-refractivity contribution in [2.75, 3.05) is 26.8 Å². The van der Waals surface area contributed by atoms with Gasteiger partial charge in [0.15, 0.2) is 11.5 Å². The van der Waals surface area contributed by atoms with Crippen LogP contribution in [0, 0.1) is 0 Å². The van der Waals surface area contributed by atoms with E-state index < -0.39 is 0 Å². The molecule has 180 valence electrons. The first-order valence-corrected chi connectivity index (χ1v) is 12.9. The summed E-state index contributed by atoms with van der Waals surface area (Å²) in [7, 11) is 1.72. The zero-order valence-electron chi connectivity index (χ0n) is 20.6. The number of aryl methyl sites for hydroxylation is 1. The second-order valence-electron chi connectivity index (χ2n) is 9.40. The van der Waals surface area contributed by atoms with Crippen molar-refractivity contribution in [1.82, 2.24) is 4.90 Å². The van der Waals surface area contributed by atoms with Crippen molar-refractivity contribution in [3.05, 3.63) is 95.6 Å². The molecule has 1 fully saturated rings. The van der Waals surface area contributed by atoms with Crippen molar-refractivity contribution in [3.63, 3.8) is 0 Å². The van der Waals surface area contributed by atoms with Gasteiger partial charge in [-0.05, 0) is 80.4 Å². The van der Waals surface area contributed by atoms with E-state index >= 15 is 0 Å². The van der Waals surface area contributed by atoms with E-state index in [1.54, 1.807) is 7.11 Å². The lowest BCUT2D eigenvalue weighted by Crippen LogP contribution is -2.40. The van der Waals surface area contributed by atoms with Crippen molar-refractivity contribution in [1.29, 1.82) is 0 Å². The number of likely N-dealkylation sites (tertiary alicyclic amines) is 1. The molecule has 1 unspecified atom stereocenters. The number of nitrogens with zero attached hydrogens (tertiary/aromatic N) is 1. The maximum atomic E-state index is 6.20. The van der Waals surface area contributed by atoms with Gasteiger partial charge < -0.3 is 14.4 Å². The van der Waals surface area contributed by atoms with Gasteiger partial charge in [-0.3, -0.25) is 0 Å². The quantitative estimate of drug-likeness (QED) is 0.301. The number of benzene rings is 3. The predicted octanol–water partition coefficient (Wildman–Crippen LogP) is 6.74. The topological polar surface area (TPSA) is 21.7 Å². The van der Waals surface area contributed by atoms with Crippen LogP contribution in [0.1, 0.15) is 48.8 Å². The predicted molar refractivity (Wildman–Crippen MR) is 141 cm³/mol. The number of ether oxygens (including phenoxy) is 2. The molecule has 0 aromatic heterocycles. The fraction of sp³-hybridized carbons (Fsp3) is 0.419. The van der Waals surface area contributed by atoms with Crippen LogP contribution >= 0.6 is 0 Å². The van der Waals surface area contributed by atoms with E-state index in [4.69, 9.17) is 9.47 Å². The zero-order valence-corrected chi connectivity index (χ0v) is 20.6. The van der Waals surface area contributed by atoms with Gasteiger partial charge >= 0.3 is 0 Å². The minimum atomic E-state index is 0.578. The van der Waals surface area contributed by atoms with E-state index in [2.05, 4.69) is 83.8 Å². The van der Waals surface area contributed by atoms with Crippen molar-refractivity contribution in [2.24, 2.45) is 0 Å². The van der Waals surface area contributed by atoms with E-state index in [0.29, 0.717) is 12.6 Å². The minimum Gasteiger partial charge on any atom is -0.493 e. The normalized spacial score (nSPS) is 15.1. The van der Waals surface area contributed by atoms with Crippen LogP contribution in [0.2, 0.25) is 0 Å². The Morgan fingerprint density at radius 1 is 0.735 bits per heavy atom. The zero-order chi connectivity index (χ0) is 23.4. The average Bonchev–Trinajstić information content (AvgIpc) is 2.90. The van der Waals surface area contributed by atoms with Crippen molar-refractivity contribution in [2.45, 2.75) is 57.4 Å². The molecule has 3 aromatic carbocycles. The van der Waals surface area contributed by atoms with Gasteiger partial charge in [0.2, 0.25) is 0 Å². The SMILES string of the molecule is COc1ccc(CC(CCCc2ccccc2)N2CCCCC2)cc1OCCc1ccccc1. The second-order valence-corrected chi connectivity index (χ2v) is 9.40. The highest BCUT2D eigenvalue weighted by Gasteiger charge is 2.21. The highest BCUT2D eigenvalue weighted by molar-refractivity contribution is 5.43. The molecule has 0 radical (unpaired) electrons. The van der Waals surface area contributed by atoms with Gasteiger partial charge in [0, 0.05) is 12.5 Å². The van der Waals surface area contributed by atoms with Gasteiger partial charge in [0.1, 0.15) is 0 Å². The first kappa shape index (κ1) is 24.3. The lowest BCUT2D eigenvalue weighted by Gasteiger charge is -2.35. The molecule has 0 N–H and O–H groups in total. The van der Waals surface area contributed by atoms with Crippen LogP contribution in [0.15, 0.2) is 78.9 Å². The summed E-state index contributed by atoms with van der Waals surface area (Å²) in [6, 6.07) is 28.5. The fourth-order valence-electron chi connectivity index (χ4n) is 5.04. The molecule has 3 aromatic rings. The third kappa shape index (κ3) is 7.36. The van der Waals surface area contributed by atoms with Gasteiger partial charge in [0.25, 0.3) is 0 Å². The standard InChI is InChI=1S/C31H39NO2/c1-33-30-19-18-28(25-31(30)34-23-20-27-14-7-3-8-15-27)24-29(32-21-9-4-10-22-32)17-11-16-26-12-5-2-6-13-26/h2-3,5-8,12-15,18-19,25,29H,4,9-11,16-17,20-24H2,1H3. The number of piperidine rings is 1. The van der Waals surface area contributed by atoms with E-state index in [1.165, 1.54) is 61.9 Å². The van der Waals surface area contributed by atoms with E-state index in [9.17, 15) is 0 Å². The lowest BCUT2D eigenvalue weighted by molar-refractivity contribution is 0.152. The largest absolute Gasteiger partial charge is 0.493 e. The van der Waals surface area contributed by atoms with Crippen molar-refractivity contribution in [3.8, 4) is 11.5 Å². The van der Waals surface area contributed by atoms with Crippen LogP contribution in [-0.2, 0) is 19.3 Å². The van der Waals surface area contributed by atoms with Crippen molar-refractivity contribution >= 4 is 0 Å². The van der Waals surface area contributed by atoms with Crippen LogP contribution in [0.4, 0.5) is 0 Å². The summed E-state index contributed by atoms with van der Waals surface area (Å²) in [5.74, 6) is 1.67. The summed E-state index contributed by atoms with van der Waals surface area (Å²) >= 11 is 0. The van der Waals surface area contributed by atoms with Crippen LogP contribution in [0.3, 0.4) is 0 Å². The molecular formula is C31H39NO2. The molecule has 0 aliphatic carbocycles. The molecule has 1 aliphatic rings. The van der Waals surface area contributed by atoms with E-state index in [0.717, 1.165) is 30.8 Å². The van der Waals surface area contributed by atoms with E-state index in [-0.39, 0.29) is 0 Å². The van der Waals surface area contributed by atoms with Crippen LogP contribution in [-0.4, -0.2) is 37.7 Å². The Kier molecular flexibility index (Phi) is 9.45. The molecule has 34 heavy (non-hydrogen) atoms. The average molecular weight is 458 g/mol. The lowest BCUT2D eigenvalue weighted by atomic mass is 9.95. The number of hydrogen-bond acceptors (Lipinski definition) is 3. The smallest absolute Gasteiger partial charge is 0.161 e. The second kappa shape index (κ2) is 13.2. The molecule has 3 heteroatoms. The summed E-state index contributed by atoms with van der Waals surface area (Å²) in [4.78, 5) is 2.73. The molecule has 0 saturated carbocycles. The Hall–Kier alpha value is -2.78. The Balaban J connectivity index is 1.40. The molecule has 0 spiro atoms. The van der Waals surface area contributed by atoms with Gasteiger partial charge in [-0.15, -0.1) is 0 Å². The molecule has 1 heterocycles. The molecule has 0 bridgehead atoms. The van der Waals surface area contributed by atoms with Crippen LogP contribution in [0.25, 0.3) is 0 Å². The summed E-state index contributed by atoms with van der Waals surface area (Å²) in [5, 5.41) is 0. The summed E-state index contributed by atoms with van der Waals surface area (Å²) < 4.78 is 11.8. The third-order valence-corrected chi connectivity index (χ3v) is 6.94. The molecule has 1 saturated heterocycles. The summed E-state index contributed by atoms with van der Waals surface area (Å²) in [5.41, 5.74) is 4.07. The Morgan fingerprint density at radius 3 is 2.09 bits per heavy atom.